The molecule has 1 heterocycles. The van der Waals surface area contributed by atoms with Gasteiger partial charge in [0.15, 0.2) is 12.4 Å². The lowest BCUT2D eigenvalue weighted by atomic mass is 10.2. The third kappa shape index (κ3) is 5.01. The number of aryl methyl sites for hydroxylation is 1. The normalized spacial score (nSPS) is 11.2. The molecule has 0 bridgehead atoms. The minimum Gasteiger partial charge on any atom is -0.476 e. The molecule has 0 aliphatic carbocycles. The van der Waals surface area contributed by atoms with Gasteiger partial charge in [0.25, 0.3) is 5.56 Å². The third-order valence-corrected chi connectivity index (χ3v) is 5.31. The van der Waals surface area contributed by atoms with Crippen LogP contribution in [0.1, 0.15) is 31.2 Å². The van der Waals surface area contributed by atoms with E-state index in [9.17, 15) is 4.79 Å². The van der Waals surface area contributed by atoms with Crippen LogP contribution >= 0.6 is 39.1 Å². The van der Waals surface area contributed by atoms with E-state index in [0.717, 1.165) is 17.3 Å². The molecule has 0 saturated heterocycles. The second-order valence-electron chi connectivity index (χ2n) is 6.42. The molecule has 3 rings (SSSR count). The Morgan fingerprint density at radius 3 is 2.70 bits per heavy atom. The Labute approximate surface area is 191 Å². The maximum absolute atomic E-state index is 13.1. The number of hydrogen-bond donors (Lipinski definition) is 0. The molecule has 0 atom stereocenters. The van der Waals surface area contributed by atoms with E-state index in [4.69, 9.17) is 33.2 Å². The van der Waals surface area contributed by atoms with Crippen LogP contribution in [0.2, 0.25) is 10.0 Å². The maximum Gasteiger partial charge on any atom is 0.282 e. The van der Waals surface area contributed by atoms with Crippen LogP contribution in [0.5, 0.6) is 5.75 Å². The van der Waals surface area contributed by atoms with Gasteiger partial charge in [-0.3, -0.25) is 4.79 Å². The van der Waals surface area contributed by atoms with Crippen molar-refractivity contribution < 1.29 is 4.74 Å². The number of fused-ring (bicyclic) bond motifs is 1. The number of nitrogens with zero attached hydrogens (tertiary/aromatic N) is 4. The van der Waals surface area contributed by atoms with Crippen molar-refractivity contribution in [3.63, 3.8) is 0 Å². The Morgan fingerprint density at radius 1 is 1.30 bits per heavy atom. The van der Waals surface area contributed by atoms with Gasteiger partial charge >= 0.3 is 0 Å². The van der Waals surface area contributed by atoms with Crippen LogP contribution in [-0.2, 0) is 6.42 Å². The first-order valence-corrected chi connectivity index (χ1v) is 10.7. The Balaban J connectivity index is 2.05. The molecule has 0 spiro atoms. The quantitative estimate of drug-likeness (QED) is 0.390. The largest absolute Gasteiger partial charge is 0.476 e. The number of aromatic nitrogens is 2. The molecule has 0 fully saturated rings. The van der Waals surface area contributed by atoms with Crippen molar-refractivity contribution in [2.45, 2.75) is 26.2 Å². The standard InChI is InChI=1S/C21H17BrCl2N4O2/c1-2-3-4-19-27-18-6-5-14(22)11-15(18)21(29)28(19)26-12-13-9-16(23)20(17(24)10-13)30-8-7-25/h5-6,9-12H,2-4,8H2,1H3. The summed E-state index contributed by atoms with van der Waals surface area (Å²) in [5.41, 5.74) is 0.956. The van der Waals surface area contributed by atoms with Gasteiger partial charge in [0.2, 0.25) is 0 Å². The lowest BCUT2D eigenvalue weighted by Crippen LogP contribution is -2.22. The van der Waals surface area contributed by atoms with Crippen molar-refractivity contribution >= 4 is 56.2 Å². The third-order valence-electron chi connectivity index (χ3n) is 4.25. The second kappa shape index (κ2) is 10.1. The predicted molar refractivity (Wildman–Crippen MR) is 123 cm³/mol. The first-order chi connectivity index (χ1) is 14.4. The summed E-state index contributed by atoms with van der Waals surface area (Å²) in [6.45, 7) is 1.91. The van der Waals surface area contributed by atoms with E-state index in [-0.39, 0.29) is 28.0 Å². The molecule has 30 heavy (non-hydrogen) atoms. The summed E-state index contributed by atoms with van der Waals surface area (Å²) in [6.07, 6.45) is 3.96. The highest BCUT2D eigenvalue weighted by Crippen LogP contribution is 2.33. The topological polar surface area (TPSA) is 80.3 Å². The number of halogens is 3. The first kappa shape index (κ1) is 22.3. The zero-order valence-electron chi connectivity index (χ0n) is 16.0. The Morgan fingerprint density at radius 2 is 2.03 bits per heavy atom. The molecule has 2 aromatic carbocycles. The molecular formula is C21H17BrCl2N4O2. The smallest absolute Gasteiger partial charge is 0.282 e. The lowest BCUT2D eigenvalue weighted by molar-refractivity contribution is 0.368. The molecule has 0 radical (unpaired) electrons. The fourth-order valence-electron chi connectivity index (χ4n) is 2.83. The molecule has 6 nitrogen and oxygen atoms in total. The number of ether oxygens (including phenoxy) is 1. The van der Waals surface area contributed by atoms with E-state index in [1.54, 1.807) is 18.2 Å². The van der Waals surface area contributed by atoms with Crippen LogP contribution in [0.25, 0.3) is 10.9 Å². The SMILES string of the molecule is CCCCc1nc2ccc(Br)cc2c(=O)n1N=Cc1cc(Cl)c(OCC#N)c(Cl)c1. The van der Waals surface area contributed by atoms with E-state index in [1.807, 2.05) is 18.2 Å². The molecule has 0 saturated carbocycles. The summed E-state index contributed by atoms with van der Waals surface area (Å²) in [7, 11) is 0. The molecular weight excluding hydrogens is 491 g/mol. The summed E-state index contributed by atoms with van der Waals surface area (Å²) in [5, 5.41) is 14.0. The van der Waals surface area contributed by atoms with Gasteiger partial charge in [-0.1, -0.05) is 52.5 Å². The molecule has 9 heteroatoms. The van der Waals surface area contributed by atoms with Gasteiger partial charge in [-0.25, -0.2) is 4.98 Å². The predicted octanol–water partition coefficient (Wildman–Crippen LogP) is 5.59. The summed E-state index contributed by atoms with van der Waals surface area (Å²) in [4.78, 5) is 17.7. The van der Waals surface area contributed by atoms with Crippen molar-refractivity contribution in [2.24, 2.45) is 5.10 Å². The van der Waals surface area contributed by atoms with Crippen molar-refractivity contribution in [2.75, 3.05) is 6.61 Å². The fraction of sp³-hybridized carbons (Fsp3) is 0.238. The highest BCUT2D eigenvalue weighted by molar-refractivity contribution is 9.10. The minimum atomic E-state index is -0.255. The van der Waals surface area contributed by atoms with Crippen LogP contribution in [0, 0.1) is 11.3 Å². The zero-order chi connectivity index (χ0) is 21.7. The number of nitriles is 1. The van der Waals surface area contributed by atoms with Crippen molar-refractivity contribution in [1.29, 1.82) is 5.26 Å². The molecule has 154 valence electrons. The van der Waals surface area contributed by atoms with Crippen LogP contribution < -0.4 is 10.3 Å². The molecule has 3 aromatic rings. The van der Waals surface area contributed by atoms with Crippen molar-refractivity contribution in [3.05, 3.63) is 66.6 Å². The van der Waals surface area contributed by atoms with Crippen molar-refractivity contribution in [1.82, 2.24) is 9.66 Å². The lowest BCUT2D eigenvalue weighted by Gasteiger charge is -2.10. The molecule has 0 N–H and O–H groups in total. The van der Waals surface area contributed by atoms with Crippen LogP contribution in [-0.4, -0.2) is 22.5 Å². The van der Waals surface area contributed by atoms with E-state index < -0.39 is 0 Å². The second-order valence-corrected chi connectivity index (χ2v) is 8.15. The van der Waals surface area contributed by atoms with Gasteiger partial charge in [0.1, 0.15) is 11.9 Å². The number of hydrogen-bond acceptors (Lipinski definition) is 5. The molecule has 0 aliphatic rings. The monoisotopic (exact) mass is 506 g/mol. The van der Waals surface area contributed by atoms with Crippen LogP contribution in [0.3, 0.4) is 0 Å². The molecule has 0 aliphatic heterocycles. The van der Waals surface area contributed by atoms with E-state index in [1.165, 1.54) is 10.9 Å². The van der Waals surface area contributed by atoms with E-state index in [0.29, 0.717) is 28.7 Å². The Kier molecular flexibility index (Phi) is 7.48. The fourth-order valence-corrected chi connectivity index (χ4v) is 3.81. The number of unbranched alkanes of at least 4 members (excludes halogenated alkanes) is 1. The van der Waals surface area contributed by atoms with E-state index in [2.05, 4.69) is 32.9 Å². The summed E-state index contributed by atoms with van der Waals surface area (Å²) in [5.74, 6) is 0.814. The number of rotatable bonds is 7. The molecule has 1 aromatic heterocycles. The van der Waals surface area contributed by atoms with Gasteiger partial charge < -0.3 is 4.74 Å². The molecule has 0 amide bonds. The highest BCUT2D eigenvalue weighted by atomic mass is 79.9. The summed E-state index contributed by atoms with van der Waals surface area (Å²) >= 11 is 15.8. The maximum atomic E-state index is 13.1. The Bertz CT molecular complexity index is 1200. The van der Waals surface area contributed by atoms with Crippen LogP contribution in [0.15, 0.2) is 44.7 Å². The van der Waals surface area contributed by atoms with Gasteiger partial charge in [-0.2, -0.15) is 15.0 Å². The van der Waals surface area contributed by atoms with Gasteiger partial charge in [-0.15, -0.1) is 0 Å². The summed E-state index contributed by atoms with van der Waals surface area (Å²) in [6, 6.07) is 10.5. The highest BCUT2D eigenvalue weighted by Gasteiger charge is 2.12. The zero-order valence-corrected chi connectivity index (χ0v) is 19.1. The first-order valence-electron chi connectivity index (χ1n) is 9.19. The van der Waals surface area contributed by atoms with Crippen molar-refractivity contribution in [3.8, 4) is 11.8 Å². The molecule has 0 unspecified atom stereocenters. The van der Waals surface area contributed by atoms with Gasteiger partial charge in [0.05, 0.1) is 27.2 Å². The average molecular weight is 508 g/mol. The van der Waals surface area contributed by atoms with E-state index >= 15 is 0 Å². The van der Waals surface area contributed by atoms with Gasteiger partial charge in [-0.05, 0) is 42.3 Å². The van der Waals surface area contributed by atoms with Crippen LogP contribution in [0.4, 0.5) is 0 Å². The summed E-state index contributed by atoms with van der Waals surface area (Å²) < 4.78 is 7.34. The number of benzene rings is 2. The average Bonchev–Trinajstić information content (AvgIpc) is 2.71. The minimum absolute atomic E-state index is 0.165. The Hall–Kier alpha value is -2.40. The van der Waals surface area contributed by atoms with Gasteiger partial charge in [0, 0.05) is 10.9 Å².